The predicted octanol–water partition coefficient (Wildman–Crippen LogP) is 0.509. The van der Waals surface area contributed by atoms with Gasteiger partial charge in [-0.15, -0.1) is 0 Å². The summed E-state index contributed by atoms with van der Waals surface area (Å²) in [5.41, 5.74) is 0. The van der Waals surface area contributed by atoms with E-state index in [0.29, 0.717) is 0 Å². The summed E-state index contributed by atoms with van der Waals surface area (Å²) in [4.78, 5) is 0. The van der Waals surface area contributed by atoms with Gasteiger partial charge in [0.2, 0.25) is 0 Å². The van der Waals surface area contributed by atoms with Crippen LogP contribution in [0, 0.1) is 0 Å². The molecule has 0 spiro atoms. The molecule has 0 aromatic rings. The van der Waals surface area contributed by atoms with Crippen LogP contribution in [-0.2, 0) is 13.3 Å². The zero-order chi connectivity index (χ0) is 7.36. The van der Waals surface area contributed by atoms with Crippen molar-refractivity contribution in [1.29, 1.82) is 0 Å². The number of halogens is 3. The number of hydrogen-bond acceptors (Lipinski definition) is 4. The van der Waals surface area contributed by atoms with Crippen LogP contribution in [0.15, 0.2) is 0 Å². The van der Waals surface area contributed by atoms with Gasteiger partial charge < -0.3 is 0 Å². The van der Waals surface area contributed by atoms with E-state index >= 15 is 0 Å². The minimum atomic E-state index is -6.08. The van der Waals surface area contributed by atoms with Crippen molar-refractivity contribution in [1.82, 2.24) is 5.25 Å². The van der Waals surface area contributed by atoms with E-state index in [1.165, 1.54) is 0 Å². The van der Waals surface area contributed by atoms with Crippen LogP contribution in [0.2, 0.25) is 0 Å². The van der Waals surface area contributed by atoms with E-state index in [0.717, 1.165) is 5.25 Å². The molecule has 0 saturated carbocycles. The van der Waals surface area contributed by atoms with Crippen LogP contribution in [0.1, 0.15) is 0 Å². The molecule has 10 heteroatoms. The Kier molecular flexibility index (Phi) is 2.82. The molecule has 1 heterocycles. The summed E-state index contributed by atoms with van der Waals surface area (Å²) in [5.74, 6) is 0. The van der Waals surface area contributed by atoms with Crippen molar-refractivity contribution in [2.24, 2.45) is 0 Å². The van der Waals surface area contributed by atoms with Crippen molar-refractivity contribution in [2.75, 3.05) is 0 Å². The SMILES string of the molecule is O=S(=O)(Cl)P1(F)(F)NO1.[NaH]. The Morgan fingerprint density at radius 3 is 1.80 bits per heavy atom. The molecule has 4 nitrogen and oxygen atoms in total. The zero-order valence-electron chi connectivity index (χ0n) is 3.71. The molecule has 10 heavy (non-hydrogen) atoms. The molecule has 0 radical (unpaired) electrons. The van der Waals surface area contributed by atoms with E-state index in [2.05, 4.69) is 15.3 Å². The summed E-state index contributed by atoms with van der Waals surface area (Å²) in [6.07, 6.45) is 0. The van der Waals surface area contributed by atoms with Gasteiger partial charge in [0.1, 0.15) is 0 Å². The van der Waals surface area contributed by atoms with Crippen LogP contribution in [-0.4, -0.2) is 38.0 Å². The number of nitrogens with one attached hydrogen (secondary N) is 1. The van der Waals surface area contributed by atoms with E-state index in [1.54, 1.807) is 0 Å². The molecule has 1 aliphatic rings. The van der Waals surface area contributed by atoms with Gasteiger partial charge in [0.25, 0.3) is 0 Å². The van der Waals surface area contributed by atoms with Crippen molar-refractivity contribution >= 4 is 55.7 Å². The van der Waals surface area contributed by atoms with E-state index in [4.69, 9.17) is 0 Å². The third kappa shape index (κ3) is 1.61. The van der Waals surface area contributed by atoms with Gasteiger partial charge >= 0.3 is 82.4 Å². The van der Waals surface area contributed by atoms with Crippen LogP contribution in [0.5, 0.6) is 0 Å². The molecule has 1 saturated heterocycles. The topological polar surface area (TPSA) is 68.6 Å². The molecule has 0 unspecified atom stereocenters. The maximum absolute atomic E-state index is 12.1. The van der Waals surface area contributed by atoms with Crippen LogP contribution in [0.25, 0.3) is 0 Å². The van der Waals surface area contributed by atoms with Gasteiger partial charge in [0.05, 0.1) is 0 Å². The molecule has 0 atom stereocenters. The molecule has 1 N–H and O–H groups in total. The fourth-order valence-corrected chi connectivity index (χ4v) is 2.04. The first-order valence-electron chi connectivity index (χ1n) is 1.62. The van der Waals surface area contributed by atoms with Gasteiger partial charge in [-0.2, -0.15) is 0 Å². The van der Waals surface area contributed by atoms with Crippen LogP contribution < -0.4 is 5.25 Å². The average molecular weight is 224 g/mol. The Morgan fingerprint density at radius 1 is 1.50 bits per heavy atom. The van der Waals surface area contributed by atoms with Crippen molar-refractivity contribution in [3.05, 3.63) is 0 Å². The van der Waals surface area contributed by atoms with Crippen LogP contribution in [0.3, 0.4) is 0 Å². The van der Waals surface area contributed by atoms with Crippen molar-refractivity contribution < 1.29 is 21.4 Å². The van der Waals surface area contributed by atoms with Crippen LogP contribution in [0.4, 0.5) is 8.39 Å². The fraction of sp³-hybridized carbons (Fsp3) is 0. The minimum absolute atomic E-state index is 0. The molecule has 0 aliphatic carbocycles. The van der Waals surface area contributed by atoms with E-state index in [-0.39, 0.29) is 29.6 Å². The van der Waals surface area contributed by atoms with E-state index < -0.39 is 15.5 Å². The molecule has 0 bridgehead atoms. The summed E-state index contributed by atoms with van der Waals surface area (Å²) in [6, 6.07) is 0. The van der Waals surface area contributed by atoms with Gasteiger partial charge in [-0.3, -0.25) is 0 Å². The second-order valence-corrected chi connectivity index (χ2v) is 9.21. The second-order valence-electron chi connectivity index (χ2n) is 1.36. The molecular formula is H2ClF2NNaO3PS. The summed E-state index contributed by atoms with van der Waals surface area (Å²) < 4.78 is 47.3. The molecular weight excluding hydrogens is 221 g/mol. The van der Waals surface area contributed by atoms with E-state index in [9.17, 15) is 16.8 Å². The summed E-state index contributed by atoms with van der Waals surface area (Å²) in [6.45, 7) is -6.08. The molecule has 1 aliphatic heterocycles. The molecule has 58 valence electrons. The molecule has 1 rings (SSSR count). The fourth-order valence-electron chi connectivity index (χ4n) is 0.137. The predicted molar refractivity (Wildman–Crippen MR) is 35.3 cm³/mol. The number of hydrogen-bond donors (Lipinski definition) is 1. The average Bonchev–Trinajstić information content (AvgIpc) is 2.14. The Labute approximate surface area is 82.0 Å². The van der Waals surface area contributed by atoms with Crippen molar-refractivity contribution in [3.8, 4) is 0 Å². The van der Waals surface area contributed by atoms with Gasteiger partial charge in [0, 0.05) is 0 Å². The molecule has 0 aromatic carbocycles. The van der Waals surface area contributed by atoms with Crippen LogP contribution >= 0.6 is 17.5 Å². The van der Waals surface area contributed by atoms with Gasteiger partial charge in [0.15, 0.2) is 0 Å². The second kappa shape index (κ2) is 2.47. The number of rotatable bonds is 1. The van der Waals surface area contributed by atoms with Gasteiger partial charge in [-0.1, -0.05) is 0 Å². The van der Waals surface area contributed by atoms with Crippen molar-refractivity contribution in [2.45, 2.75) is 0 Å². The molecule has 0 amide bonds. The quantitative estimate of drug-likeness (QED) is 0.304. The third-order valence-corrected chi connectivity index (χ3v) is 6.69. The van der Waals surface area contributed by atoms with Crippen molar-refractivity contribution in [3.63, 3.8) is 0 Å². The first-order valence-corrected chi connectivity index (χ1v) is 6.47. The van der Waals surface area contributed by atoms with Gasteiger partial charge in [-0.05, 0) is 0 Å². The first kappa shape index (κ1) is 11.4. The zero-order valence-corrected chi connectivity index (χ0v) is 6.18. The summed E-state index contributed by atoms with van der Waals surface area (Å²) >= 11 is 0. The molecule has 1 fully saturated rings. The molecule has 0 aromatic heterocycles. The Morgan fingerprint density at radius 2 is 1.80 bits per heavy atom. The monoisotopic (exact) mass is 223 g/mol. The normalized spacial score (nSPS) is 30.9. The third-order valence-electron chi connectivity index (χ3n) is 0.667. The maximum atomic E-state index is 12.1. The first-order chi connectivity index (χ1) is 3.75. The standard InChI is InChI=1S/ClF2HNO3PS.Na.H/c1-9(5,6)8(2,3)4-7-8;;/h4H;;. The summed E-state index contributed by atoms with van der Waals surface area (Å²) in [5, 5.41) is 1.00. The Balaban J connectivity index is 0.000000810. The summed E-state index contributed by atoms with van der Waals surface area (Å²) in [7, 11) is -0.587. The Hall–Kier alpha value is 1.45. The van der Waals surface area contributed by atoms with E-state index in [1.807, 2.05) is 0 Å². The Bertz CT molecular complexity index is 243. The van der Waals surface area contributed by atoms with Gasteiger partial charge in [-0.25, -0.2) is 0 Å².